The van der Waals surface area contributed by atoms with Crippen LogP contribution in [0.5, 0.6) is 0 Å². The summed E-state index contributed by atoms with van der Waals surface area (Å²) in [4.78, 5) is 21.3. The summed E-state index contributed by atoms with van der Waals surface area (Å²) in [5.41, 5.74) is -1.80. The first kappa shape index (κ1) is 18.6. The van der Waals surface area contributed by atoms with E-state index in [2.05, 4.69) is 0 Å². The summed E-state index contributed by atoms with van der Waals surface area (Å²) in [6.07, 6.45) is 1.35. The van der Waals surface area contributed by atoms with Crippen LogP contribution in [0.3, 0.4) is 0 Å². The molecule has 0 aliphatic carbocycles. The molecule has 0 amide bonds. The van der Waals surface area contributed by atoms with Crippen molar-refractivity contribution in [1.82, 2.24) is 0 Å². The zero-order valence-corrected chi connectivity index (χ0v) is 12.7. The fourth-order valence-electron chi connectivity index (χ4n) is 1.18. The van der Waals surface area contributed by atoms with E-state index >= 15 is 0 Å². The van der Waals surface area contributed by atoms with Gasteiger partial charge in [-0.05, 0) is 12.8 Å². The topological polar surface area (TPSA) is 80.3 Å². The average Bonchev–Trinajstić information content (AvgIpc) is 2.02. The maximum absolute atomic E-state index is 10.7. The minimum absolute atomic E-state index is 0. The van der Waals surface area contributed by atoms with Gasteiger partial charge in [-0.3, -0.25) is 0 Å². The number of rotatable bonds is 6. The van der Waals surface area contributed by atoms with Gasteiger partial charge in [0, 0.05) is 22.8 Å². The Balaban J connectivity index is 0. The van der Waals surface area contributed by atoms with E-state index in [0.717, 1.165) is 0 Å². The molecule has 0 rings (SSSR count). The Hall–Kier alpha value is 0.200. The third-order valence-electron chi connectivity index (χ3n) is 2.71. The summed E-state index contributed by atoms with van der Waals surface area (Å²) < 4.78 is 0. The molecule has 0 aromatic rings. The molecule has 0 saturated heterocycles. The van der Waals surface area contributed by atoms with Crippen LogP contribution >= 0.6 is 0 Å². The predicted octanol–water partition coefficient (Wildman–Crippen LogP) is -0.672. The molecule has 5 heteroatoms. The Bertz CT molecular complexity index is 233. The van der Waals surface area contributed by atoms with Gasteiger partial charge in [0.15, 0.2) is 0 Å². The largest absolute Gasteiger partial charge is 2.00 e. The first-order chi connectivity index (χ1) is 6.59. The number of aliphatic carboxylic acids is 2. The van der Waals surface area contributed by atoms with Crippen molar-refractivity contribution in [3.8, 4) is 0 Å². The minimum atomic E-state index is -1.10. The molecule has 0 aromatic carbocycles. The Morgan fingerprint density at radius 2 is 1.12 bits per heavy atom. The van der Waals surface area contributed by atoms with Crippen molar-refractivity contribution < 1.29 is 19.8 Å². The molecule has 16 heavy (non-hydrogen) atoms. The molecule has 0 atom stereocenters. The first-order valence-electron chi connectivity index (χ1n) is 5.02. The molecule has 0 spiro atoms. The predicted molar refractivity (Wildman–Crippen MR) is 57.2 cm³/mol. The van der Waals surface area contributed by atoms with Gasteiger partial charge in [0.1, 0.15) is 0 Å². The molecule has 0 N–H and O–H groups in total. The van der Waals surface area contributed by atoms with E-state index in [0.29, 0.717) is 19.3 Å². The van der Waals surface area contributed by atoms with Crippen molar-refractivity contribution in [2.45, 2.75) is 47.0 Å². The van der Waals surface area contributed by atoms with Crippen LogP contribution < -0.4 is 10.2 Å². The average molecular weight is 254 g/mol. The van der Waals surface area contributed by atoms with Gasteiger partial charge in [-0.2, -0.15) is 0 Å². The van der Waals surface area contributed by atoms with Gasteiger partial charge in [0.25, 0.3) is 0 Å². The molecule has 0 radical (unpaired) electrons. The Kier molecular flexibility index (Phi) is 7.91. The number of carboxylic acids is 2. The van der Waals surface area contributed by atoms with Crippen LogP contribution in [0, 0.1) is 10.8 Å². The number of hydrogen-bond donors (Lipinski definition) is 0. The standard InChI is InChI=1S/C11H20O4.Ca/c1-10(2,8(12)13)6-5-7-11(3,4)9(14)15;/h5-7H2,1-4H3,(H,12,13)(H,14,15);/q;+2/p-2. The molecule has 0 aliphatic heterocycles. The smallest absolute Gasteiger partial charge is 0.550 e. The van der Waals surface area contributed by atoms with Gasteiger partial charge in [-0.25, -0.2) is 0 Å². The fourth-order valence-corrected chi connectivity index (χ4v) is 1.18. The van der Waals surface area contributed by atoms with Crippen molar-refractivity contribution in [3.05, 3.63) is 0 Å². The second-order valence-electron chi connectivity index (χ2n) is 5.20. The van der Waals surface area contributed by atoms with Gasteiger partial charge in [-0.1, -0.05) is 34.1 Å². The molecule has 0 fully saturated rings. The summed E-state index contributed by atoms with van der Waals surface area (Å²) in [5, 5.41) is 21.3. The monoisotopic (exact) mass is 254 g/mol. The number of hydrogen-bond acceptors (Lipinski definition) is 4. The fraction of sp³-hybridized carbons (Fsp3) is 0.818. The van der Waals surface area contributed by atoms with Crippen LogP contribution in [0.4, 0.5) is 0 Å². The van der Waals surface area contributed by atoms with E-state index in [1.165, 1.54) is 0 Å². The number of carboxylic acid groups (broad SMARTS) is 2. The van der Waals surface area contributed by atoms with E-state index < -0.39 is 22.8 Å². The quantitative estimate of drug-likeness (QED) is 0.589. The third-order valence-corrected chi connectivity index (χ3v) is 2.71. The maximum Gasteiger partial charge on any atom is 2.00 e. The summed E-state index contributed by atoms with van der Waals surface area (Å²) >= 11 is 0. The molecular weight excluding hydrogens is 236 g/mol. The summed E-state index contributed by atoms with van der Waals surface area (Å²) in [6, 6.07) is 0. The Morgan fingerprint density at radius 3 is 1.31 bits per heavy atom. The van der Waals surface area contributed by atoms with Crippen LogP contribution in [-0.2, 0) is 9.59 Å². The van der Waals surface area contributed by atoms with E-state index in [-0.39, 0.29) is 37.7 Å². The molecule has 0 saturated carbocycles. The van der Waals surface area contributed by atoms with Crippen LogP contribution in [0.25, 0.3) is 0 Å². The normalized spacial score (nSPS) is 11.8. The summed E-state index contributed by atoms with van der Waals surface area (Å²) in [5.74, 6) is -2.21. The molecule has 4 nitrogen and oxygen atoms in total. The molecular formula is C11H18CaO4. The van der Waals surface area contributed by atoms with Gasteiger partial charge in [0.2, 0.25) is 0 Å². The van der Waals surface area contributed by atoms with Gasteiger partial charge in [-0.15, -0.1) is 0 Å². The van der Waals surface area contributed by atoms with Crippen LogP contribution in [-0.4, -0.2) is 49.7 Å². The van der Waals surface area contributed by atoms with Crippen molar-refractivity contribution in [3.63, 3.8) is 0 Å². The van der Waals surface area contributed by atoms with E-state index in [4.69, 9.17) is 0 Å². The van der Waals surface area contributed by atoms with Gasteiger partial charge in [0.05, 0.1) is 0 Å². The van der Waals surface area contributed by atoms with Crippen LogP contribution in [0.2, 0.25) is 0 Å². The van der Waals surface area contributed by atoms with Crippen molar-refractivity contribution in [1.29, 1.82) is 0 Å². The summed E-state index contributed by atoms with van der Waals surface area (Å²) in [7, 11) is 0. The maximum atomic E-state index is 10.7. The SMILES string of the molecule is CC(C)(CCCC(C)(C)C(=O)[O-])C(=O)[O-].[Ca+2]. The van der Waals surface area contributed by atoms with Crippen molar-refractivity contribution in [2.75, 3.05) is 0 Å². The van der Waals surface area contributed by atoms with E-state index in [1.54, 1.807) is 27.7 Å². The second kappa shape index (κ2) is 6.82. The minimum Gasteiger partial charge on any atom is -0.550 e. The first-order valence-corrected chi connectivity index (χ1v) is 5.02. The molecule has 0 aliphatic rings. The Morgan fingerprint density at radius 1 is 0.875 bits per heavy atom. The Labute approximate surface area is 126 Å². The van der Waals surface area contributed by atoms with Crippen LogP contribution in [0.15, 0.2) is 0 Å². The molecule has 0 heterocycles. The van der Waals surface area contributed by atoms with Crippen molar-refractivity contribution in [2.24, 2.45) is 10.8 Å². The number of carbonyl (C=O) groups is 2. The van der Waals surface area contributed by atoms with Crippen molar-refractivity contribution >= 4 is 49.7 Å². The van der Waals surface area contributed by atoms with Gasteiger partial charge < -0.3 is 19.8 Å². The van der Waals surface area contributed by atoms with E-state index in [9.17, 15) is 19.8 Å². The second-order valence-corrected chi connectivity index (χ2v) is 5.20. The molecule has 0 bridgehead atoms. The van der Waals surface area contributed by atoms with Gasteiger partial charge >= 0.3 is 37.7 Å². The molecule has 0 unspecified atom stereocenters. The zero-order valence-electron chi connectivity index (χ0n) is 10.5. The summed E-state index contributed by atoms with van der Waals surface area (Å²) in [6.45, 7) is 6.31. The molecule has 0 aromatic heterocycles. The van der Waals surface area contributed by atoms with Crippen LogP contribution in [0.1, 0.15) is 47.0 Å². The third kappa shape index (κ3) is 6.06. The molecule has 88 valence electrons. The number of carbonyl (C=O) groups excluding carboxylic acids is 2. The van der Waals surface area contributed by atoms with E-state index in [1.807, 2.05) is 0 Å². The zero-order chi connectivity index (χ0) is 12.3.